The smallest absolute Gasteiger partial charge is 0.352 e. The molecule has 0 unspecified atom stereocenters. The highest BCUT2D eigenvalue weighted by atomic mass is 35.5. The third-order valence-electron chi connectivity index (χ3n) is 4.91. The minimum atomic E-state index is -0.618. The average molecular weight is 469 g/mol. The molecular weight excluding hydrogens is 444 g/mol. The number of thiophene rings is 1. The number of carbonyl (C=O) groups is 1. The first-order valence-corrected chi connectivity index (χ1v) is 11.5. The monoisotopic (exact) mass is 468 g/mol. The third-order valence-corrected chi connectivity index (χ3v) is 6.38. The van der Waals surface area contributed by atoms with Gasteiger partial charge in [-0.3, -0.25) is 4.40 Å². The number of esters is 1. The molecule has 0 aliphatic rings. The van der Waals surface area contributed by atoms with Crippen molar-refractivity contribution in [2.24, 2.45) is 0 Å². The molecule has 7 heteroatoms. The van der Waals surface area contributed by atoms with E-state index in [9.17, 15) is 4.79 Å². The van der Waals surface area contributed by atoms with Crippen LogP contribution >= 0.6 is 22.9 Å². The highest BCUT2D eigenvalue weighted by Crippen LogP contribution is 2.40. The van der Waals surface area contributed by atoms with Crippen LogP contribution in [0.25, 0.3) is 16.2 Å². The van der Waals surface area contributed by atoms with E-state index in [2.05, 4.69) is 4.98 Å². The summed E-state index contributed by atoms with van der Waals surface area (Å²) in [5.41, 5.74) is 3.07. The maximum atomic E-state index is 13.0. The number of hydrogen-bond acceptors (Lipinski definition) is 5. The summed E-state index contributed by atoms with van der Waals surface area (Å²) in [5, 5.41) is 0.617. The maximum absolute atomic E-state index is 13.0. The van der Waals surface area contributed by atoms with E-state index in [0.29, 0.717) is 15.6 Å². The molecule has 4 rings (SSSR count). The molecule has 1 atom stereocenters. The highest BCUT2D eigenvalue weighted by Gasteiger charge is 2.27. The van der Waals surface area contributed by atoms with Crippen molar-refractivity contribution in [2.75, 3.05) is 0 Å². The predicted molar refractivity (Wildman–Crippen MR) is 129 cm³/mol. The van der Waals surface area contributed by atoms with Crippen LogP contribution in [0.2, 0.25) is 5.02 Å². The van der Waals surface area contributed by atoms with Crippen molar-refractivity contribution in [2.45, 2.75) is 46.3 Å². The van der Waals surface area contributed by atoms with Gasteiger partial charge >= 0.3 is 5.97 Å². The lowest BCUT2D eigenvalue weighted by atomic mass is 10.1. The number of benzene rings is 1. The number of fused-ring (bicyclic) bond motifs is 1. The molecule has 0 aliphatic heterocycles. The van der Waals surface area contributed by atoms with Gasteiger partial charge in [0, 0.05) is 22.8 Å². The molecule has 4 aromatic rings. The molecular formula is C25H25ClN2O3S. The number of halogens is 1. The Balaban J connectivity index is 1.77. The van der Waals surface area contributed by atoms with Crippen molar-refractivity contribution in [1.82, 2.24) is 9.38 Å². The van der Waals surface area contributed by atoms with Gasteiger partial charge in [-0.25, -0.2) is 9.78 Å². The molecule has 0 radical (unpaired) electrons. The molecule has 0 N–H and O–H groups in total. The van der Waals surface area contributed by atoms with Gasteiger partial charge in [0.05, 0.1) is 16.8 Å². The van der Waals surface area contributed by atoms with Gasteiger partial charge in [-0.15, -0.1) is 11.3 Å². The van der Waals surface area contributed by atoms with Crippen molar-refractivity contribution in [1.29, 1.82) is 0 Å². The average Bonchev–Trinajstić information content (AvgIpc) is 3.32. The Labute approximate surface area is 196 Å². The molecule has 3 heterocycles. The normalized spacial score (nSPS) is 12.7. The molecule has 0 bridgehead atoms. The Morgan fingerprint density at radius 2 is 1.94 bits per heavy atom. The summed E-state index contributed by atoms with van der Waals surface area (Å²) >= 11 is 7.70. The number of nitrogens with zero attached hydrogens (tertiary/aromatic N) is 2. The summed E-state index contributed by atoms with van der Waals surface area (Å²) in [7, 11) is 0. The molecule has 5 nitrogen and oxygen atoms in total. The topological polar surface area (TPSA) is 52.8 Å². The van der Waals surface area contributed by atoms with Crippen LogP contribution in [0, 0.1) is 6.92 Å². The highest BCUT2D eigenvalue weighted by molar-refractivity contribution is 7.17. The van der Waals surface area contributed by atoms with Gasteiger partial charge in [-0.1, -0.05) is 35.9 Å². The van der Waals surface area contributed by atoms with Crippen molar-refractivity contribution < 1.29 is 14.3 Å². The Morgan fingerprint density at radius 3 is 2.66 bits per heavy atom. The third kappa shape index (κ3) is 4.52. The maximum Gasteiger partial charge on any atom is 0.352 e. The Bertz CT molecular complexity index is 1290. The summed E-state index contributed by atoms with van der Waals surface area (Å²) in [4.78, 5) is 18.9. The van der Waals surface area contributed by atoms with Crippen LogP contribution in [0.4, 0.5) is 0 Å². The lowest BCUT2D eigenvalue weighted by Gasteiger charge is -2.20. The van der Waals surface area contributed by atoms with Crippen molar-refractivity contribution in [3.63, 3.8) is 0 Å². The van der Waals surface area contributed by atoms with E-state index in [1.165, 1.54) is 11.3 Å². The lowest BCUT2D eigenvalue weighted by molar-refractivity contribution is 0.00706. The van der Waals surface area contributed by atoms with E-state index < -0.39 is 11.6 Å². The second-order valence-corrected chi connectivity index (χ2v) is 10.1. The summed E-state index contributed by atoms with van der Waals surface area (Å²) in [6.07, 6.45) is 3.43. The van der Waals surface area contributed by atoms with Gasteiger partial charge in [-0.05, 0) is 52.3 Å². The first-order valence-electron chi connectivity index (χ1n) is 10.4. The number of carbonyl (C=O) groups excluding carboxylic acids is 1. The van der Waals surface area contributed by atoms with E-state index in [4.69, 9.17) is 21.1 Å². The number of imidazole rings is 1. The molecule has 1 aromatic carbocycles. The summed E-state index contributed by atoms with van der Waals surface area (Å²) in [6, 6.07) is 13.4. The van der Waals surface area contributed by atoms with Gasteiger partial charge < -0.3 is 9.47 Å². The van der Waals surface area contributed by atoms with E-state index in [0.717, 1.165) is 27.3 Å². The van der Waals surface area contributed by atoms with E-state index in [1.54, 1.807) is 0 Å². The zero-order valence-electron chi connectivity index (χ0n) is 18.7. The number of pyridine rings is 1. The Hall–Kier alpha value is -2.83. The largest absolute Gasteiger partial charge is 0.484 e. The van der Waals surface area contributed by atoms with Crippen LogP contribution in [0.1, 0.15) is 54.6 Å². The van der Waals surface area contributed by atoms with Crippen LogP contribution < -0.4 is 4.74 Å². The summed E-state index contributed by atoms with van der Waals surface area (Å²) < 4.78 is 13.9. The number of ether oxygens (including phenoxy) is 2. The first-order chi connectivity index (χ1) is 15.1. The van der Waals surface area contributed by atoms with Gasteiger partial charge in [0.15, 0.2) is 4.88 Å². The molecule has 166 valence electrons. The predicted octanol–water partition coefficient (Wildman–Crippen LogP) is 7.12. The van der Waals surface area contributed by atoms with Gasteiger partial charge in [0.25, 0.3) is 0 Å². The second kappa shape index (κ2) is 8.60. The molecule has 3 aromatic heterocycles. The van der Waals surface area contributed by atoms with Gasteiger partial charge in [-0.2, -0.15) is 0 Å². The minimum Gasteiger partial charge on any atom is -0.484 e. The SMILES string of the molecule is Cc1cccn2c(-c3cc(O[C@H](C)c4ccccc4Cl)c(C(=O)OC(C)(C)C)s3)cnc12. The van der Waals surface area contributed by atoms with Gasteiger partial charge in [0.2, 0.25) is 0 Å². The second-order valence-electron chi connectivity index (χ2n) is 8.62. The van der Waals surface area contributed by atoms with Crippen LogP contribution in [-0.4, -0.2) is 21.0 Å². The van der Waals surface area contributed by atoms with Crippen LogP contribution in [0.3, 0.4) is 0 Å². The molecule has 32 heavy (non-hydrogen) atoms. The number of hydrogen-bond donors (Lipinski definition) is 0. The fourth-order valence-corrected chi connectivity index (χ4v) is 4.71. The summed E-state index contributed by atoms with van der Waals surface area (Å²) in [6.45, 7) is 9.47. The Morgan fingerprint density at radius 1 is 1.19 bits per heavy atom. The van der Waals surface area contributed by atoms with E-state index >= 15 is 0 Å². The quantitative estimate of drug-likeness (QED) is 0.292. The van der Waals surface area contributed by atoms with E-state index in [-0.39, 0.29) is 6.10 Å². The van der Waals surface area contributed by atoms with Crippen LogP contribution in [0.15, 0.2) is 54.9 Å². The minimum absolute atomic E-state index is 0.350. The van der Waals surface area contributed by atoms with Crippen molar-refractivity contribution >= 4 is 34.6 Å². The fourth-order valence-electron chi connectivity index (χ4n) is 3.45. The molecule has 0 aliphatic carbocycles. The van der Waals surface area contributed by atoms with E-state index in [1.807, 2.05) is 93.9 Å². The zero-order chi connectivity index (χ0) is 23.0. The molecule has 0 saturated carbocycles. The molecule has 0 fully saturated rings. The van der Waals surface area contributed by atoms with Crippen molar-refractivity contribution in [3.05, 3.63) is 75.9 Å². The lowest BCUT2D eigenvalue weighted by Crippen LogP contribution is -2.23. The molecule has 0 saturated heterocycles. The number of aryl methyl sites for hydroxylation is 1. The fraction of sp³-hybridized carbons (Fsp3) is 0.280. The van der Waals surface area contributed by atoms with Crippen LogP contribution in [-0.2, 0) is 4.74 Å². The van der Waals surface area contributed by atoms with Crippen molar-refractivity contribution in [3.8, 4) is 16.3 Å². The van der Waals surface area contributed by atoms with Crippen LogP contribution in [0.5, 0.6) is 5.75 Å². The molecule has 0 amide bonds. The summed E-state index contributed by atoms with van der Waals surface area (Å²) in [5.74, 6) is 0.0504. The standard InChI is InChI=1S/C25H25ClN2O3S/c1-15-9-8-12-28-19(14-27-23(15)28)21-13-20(22(32-21)24(29)31-25(3,4)5)30-16(2)17-10-6-7-11-18(17)26/h6-14,16H,1-5H3/t16-/m1/s1. The molecule has 0 spiro atoms. The van der Waals surface area contributed by atoms with Gasteiger partial charge in [0.1, 0.15) is 23.1 Å². The zero-order valence-corrected chi connectivity index (χ0v) is 20.3. The first kappa shape index (κ1) is 22.4. The number of rotatable bonds is 5. The Kier molecular flexibility index (Phi) is 6.01. The number of aromatic nitrogens is 2.